The van der Waals surface area contributed by atoms with E-state index in [9.17, 15) is 0 Å². The Morgan fingerprint density at radius 2 is 2.24 bits per heavy atom. The van der Waals surface area contributed by atoms with E-state index in [1.807, 2.05) is 31.2 Å². The van der Waals surface area contributed by atoms with Crippen LogP contribution in [-0.4, -0.2) is 11.6 Å². The highest BCUT2D eigenvalue weighted by Gasteiger charge is 2.08. The SMILES string of the molecule is CCCOc1cccc(-c2nc(C)sc2N)c1. The normalized spacial score (nSPS) is 10.5. The molecule has 0 spiro atoms. The first-order valence-electron chi connectivity index (χ1n) is 5.67. The van der Waals surface area contributed by atoms with Crippen molar-refractivity contribution in [2.45, 2.75) is 20.3 Å². The molecule has 0 saturated carbocycles. The van der Waals surface area contributed by atoms with Crippen molar-refractivity contribution in [2.24, 2.45) is 0 Å². The molecule has 0 fully saturated rings. The molecule has 1 aromatic carbocycles. The fourth-order valence-electron chi connectivity index (χ4n) is 1.60. The van der Waals surface area contributed by atoms with Gasteiger partial charge in [-0.3, -0.25) is 0 Å². The number of thiazole rings is 1. The molecule has 0 radical (unpaired) electrons. The monoisotopic (exact) mass is 248 g/mol. The third-order valence-corrected chi connectivity index (χ3v) is 3.14. The van der Waals surface area contributed by atoms with Crippen LogP contribution in [0.1, 0.15) is 18.4 Å². The zero-order valence-electron chi connectivity index (χ0n) is 10.1. The molecule has 4 heteroatoms. The molecule has 2 N–H and O–H groups in total. The number of aromatic nitrogens is 1. The second kappa shape index (κ2) is 5.19. The maximum Gasteiger partial charge on any atom is 0.119 e. The second-order valence-electron chi connectivity index (χ2n) is 3.82. The predicted octanol–water partition coefficient (Wildman–Crippen LogP) is 3.49. The molecule has 90 valence electrons. The van der Waals surface area contributed by atoms with Gasteiger partial charge in [0.25, 0.3) is 0 Å². The largest absolute Gasteiger partial charge is 0.494 e. The average Bonchev–Trinajstić information content (AvgIpc) is 2.66. The number of nitrogens with zero attached hydrogens (tertiary/aromatic N) is 1. The van der Waals surface area contributed by atoms with E-state index in [0.29, 0.717) is 0 Å². The summed E-state index contributed by atoms with van der Waals surface area (Å²) in [5, 5.41) is 1.74. The van der Waals surface area contributed by atoms with E-state index in [4.69, 9.17) is 10.5 Å². The van der Waals surface area contributed by atoms with E-state index in [0.717, 1.165) is 40.0 Å². The van der Waals surface area contributed by atoms with E-state index in [1.54, 1.807) is 0 Å². The highest BCUT2D eigenvalue weighted by molar-refractivity contribution is 7.16. The van der Waals surface area contributed by atoms with E-state index in [2.05, 4.69) is 11.9 Å². The molecule has 1 heterocycles. The Bertz CT molecular complexity index is 508. The highest BCUT2D eigenvalue weighted by Crippen LogP contribution is 2.31. The lowest BCUT2D eigenvalue weighted by Gasteiger charge is -2.06. The van der Waals surface area contributed by atoms with Crippen molar-refractivity contribution in [1.82, 2.24) is 4.98 Å². The number of benzene rings is 1. The molecule has 0 bridgehead atoms. The van der Waals surface area contributed by atoms with E-state index < -0.39 is 0 Å². The molecule has 2 rings (SSSR count). The summed E-state index contributed by atoms with van der Waals surface area (Å²) in [6.07, 6.45) is 1.00. The smallest absolute Gasteiger partial charge is 0.119 e. The Morgan fingerprint density at radius 3 is 2.88 bits per heavy atom. The number of hydrogen-bond acceptors (Lipinski definition) is 4. The van der Waals surface area contributed by atoms with Crippen LogP contribution in [-0.2, 0) is 0 Å². The van der Waals surface area contributed by atoms with Gasteiger partial charge in [-0.1, -0.05) is 19.1 Å². The lowest BCUT2D eigenvalue weighted by atomic mass is 10.1. The van der Waals surface area contributed by atoms with Crippen LogP contribution in [0.2, 0.25) is 0 Å². The summed E-state index contributed by atoms with van der Waals surface area (Å²) in [4.78, 5) is 4.44. The minimum Gasteiger partial charge on any atom is -0.494 e. The molecule has 0 aliphatic carbocycles. The van der Waals surface area contributed by atoms with Gasteiger partial charge in [-0.15, -0.1) is 11.3 Å². The fraction of sp³-hybridized carbons (Fsp3) is 0.308. The van der Waals surface area contributed by atoms with Gasteiger partial charge >= 0.3 is 0 Å². The molecule has 17 heavy (non-hydrogen) atoms. The first-order valence-corrected chi connectivity index (χ1v) is 6.48. The summed E-state index contributed by atoms with van der Waals surface area (Å²) in [6, 6.07) is 7.91. The first kappa shape index (κ1) is 11.9. The maximum atomic E-state index is 5.94. The van der Waals surface area contributed by atoms with Crippen LogP contribution in [0.25, 0.3) is 11.3 Å². The summed E-state index contributed by atoms with van der Waals surface area (Å²) in [5.74, 6) is 0.870. The van der Waals surface area contributed by atoms with Crippen molar-refractivity contribution in [3.63, 3.8) is 0 Å². The molecule has 0 unspecified atom stereocenters. The number of anilines is 1. The Labute approximate surface area is 105 Å². The molecule has 0 aliphatic rings. The number of aryl methyl sites for hydroxylation is 1. The molecule has 1 aromatic heterocycles. The predicted molar refractivity (Wildman–Crippen MR) is 72.5 cm³/mol. The van der Waals surface area contributed by atoms with Gasteiger partial charge in [-0.2, -0.15) is 0 Å². The van der Waals surface area contributed by atoms with Crippen LogP contribution in [0.5, 0.6) is 5.75 Å². The molecular formula is C13H16N2OS. The van der Waals surface area contributed by atoms with Crippen molar-refractivity contribution in [3.05, 3.63) is 29.3 Å². The molecule has 2 aromatic rings. The average molecular weight is 248 g/mol. The van der Waals surface area contributed by atoms with Crippen molar-refractivity contribution in [1.29, 1.82) is 0 Å². The van der Waals surface area contributed by atoms with Crippen LogP contribution in [0, 0.1) is 6.92 Å². The Morgan fingerprint density at radius 1 is 1.41 bits per heavy atom. The van der Waals surface area contributed by atoms with Crippen LogP contribution in [0.4, 0.5) is 5.00 Å². The number of nitrogen functional groups attached to an aromatic ring is 1. The fourth-order valence-corrected chi connectivity index (χ4v) is 2.32. The van der Waals surface area contributed by atoms with Crippen molar-refractivity contribution in [2.75, 3.05) is 12.3 Å². The minimum atomic E-state index is 0.731. The Kier molecular flexibility index (Phi) is 3.64. The highest BCUT2D eigenvalue weighted by atomic mass is 32.1. The van der Waals surface area contributed by atoms with Gasteiger partial charge in [0.05, 0.1) is 11.6 Å². The van der Waals surface area contributed by atoms with E-state index in [1.165, 1.54) is 11.3 Å². The standard InChI is InChI=1S/C13H16N2OS/c1-3-7-16-11-6-4-5-10(8-11)12-13(14)17-9(2)15-12/h4-6,8H,3,7,14H2,1-2H3. The number of nitrogens with two attached hydrogens (primary N) is 1. The van der Waals surface area contributed by atoms with Crippen molar-refractivity contribution >= 4 is 16.3 Å². The number of hydrogen-bond donors (Lipinski definition) is 1. The topological polar surface area (TPSA) is 48.1 Å². The van der Waals surface area contributed by atoms with Gasteiger partial charge in [-0.25, -0.2) is 4.98 Å². The summed E-state index contributed by atoms with van der Waals surface area (Å²) in [6.45, 7) is 4.78. The van der Waals surface area contributed by atoms with Gasteiger partial charge in [0.2, 0.25) is 0 Å². The second-order valence-corrected chi connectivity index (χ2v) is 5.06. The van der Waals surface area contributed by atoms with Crippen LogP contribution < -0.4 is 10.5 Å². The first-order chi connectivity index (χ1) is 8.20. The molecule has 3 nitrogen and oxygen atoms in total. The molecular weight excluding hydrogens is 232 g/mol. The zero-order valence-corrected chi connectivity index (χ0v) is 10.9. The summed E-state index contributed by atoms with van der Waals surface area (Å²) >= 11 is 1.51. The summed E-state index contributed by atoms with van der Waals surface area (Å²) in [5.41, 5.74) is 7.81. The van der Waals surface area contributed by atoms with Crippen molar-refractivity contribution in [3.8, 4) is 17.0 Å². The van der Waals surface area contributed by atoms with Gasteiger partial charge in [0.15, 0.2) is 0 Å². The van der Waals surface area contributed by atoms with Gasteiger partial charge in [-0.05, 0) is 25.5 Å². The van der Waals surface area contributed by atoms with Gasteiger partial charge < -0.3 is 10.5 Å². The number of ether oxygens (including phenoxy) is 1. The lowest BCUT2D eigenvalue weighted by molar-refractivity contribution is 0.317. The number of rotatable bonds is 4. The molecule has 0 aliphatic heterocycles. The van der Waals surface area contributed by atoms with Crippen LogP contribution >= 0.6 is 11.3 Å². The molecule has 0 amide bonds. The third kappa shape index (κ3) is 2.77. The summed E-state index contributed by atoms with van der Waals surface area (Å²) < 4.78 is 5.60. The van der Waals surface area contributed by atoms with E-state index in [-0.39, 0.29) is 0 Å². The minimum absolute atomic E-state index is 0.731. The van der Waals surface area contributed by atoms with E-state index >= 15 is 0 Å². The maximum absolute atomic E-state index is 5.94. The quantitative estimate of drug-likeness (QED) is 0.901. The van der Waals surface area contributed by atoms with Gasteiger partial charge in [0, 0.05) is 5.56 Å². The van der Waals surface area contributed by atoms with Crippen LogP contribution in [0.15, 0.2) is 24.3 Å². The Hall–Kier alpha value is -1.55. The summed E-state index contributed by atoms with van der Waals surface area (Å²) in [7, 11) is 0. The Balaban J connectivity index is 2.29. The molecule has 0 atom stereocenters. The van der Waals surface area contributed by atoms with Crippen LogP contribution in [0.3, 0.4) is 0 Å². The lowest BCUT2D eigenvalue weighted by Crippen LogP contribution is -1.95. The van der Waals surface area contributed by atoms with Crippen molar-refractivity contribution < 1.29 is 4.74 Å². The third-order valence-electron chi connectivity index (χ3n) is 2.34. The molecule has 0 saturated heterocycles. The van der Waals surface area contributed by atoms with Gasteiger partial charge in [0.1, 0.15) is 16.4 Å². The zero-order chi connectivity index (χ0) is 12.3.